The third-order valence-electron chi connectivity index (χ3n) is 4.21. The number of hydrogen-bond donors (Lipinski definition) is 2. The molecule has 8 heteroatoms. The van der Waals surface area contributed by atoms with Crippen molar-refractivity contribution in [3.8, 4) is 0 Å². The highest BCUT2D eigenvalue weighted by atomic mass is 19.1. The minimum atomic E-state index is -2.49. The Morgan fingerprint density at radius 3 is 2.70 bits per heavy atom. The topological polar surface area (TPSA) is 86.7 Å². The van der Waals surface area contributed by atoms with E-state index in [9.17, 15) is 23.2 Å². The smallest absolute Gasteiger partial charge is 0.343 e. The fourth-order valence-electron chi connectivity index (χ4n) is 2.86. The maximum absolute atomic E-state index is 14.2. The number of alkyl halides is 1. The average Bonchev–Trinajstić information content (AvgIpc) is 2.90. The molecule has 1 fully saturated rings. The third-order valence-corrected chi connectivity index (χ3v) is 4.21. The van der Waals surface area contributed by atoms with E-state index in [0.29, 0.717) is 17.7 Å². The molecule has 0 aromatic heterocycles. The summed E-state index contributed by atoms with van der Waals surface area (Å²) in [7, 11) is 0. The Balaban J connectivity index is 1.86. The Kier molecular flexibility index (Phi) is 3.54. The summed E-state index contributed by atoms with van der Waals surface area (Å²) in [6.45, 7) is -0.691. The van der Waals surface area contributed by atoms with Crippen molar-refractivity contribution < 1.29 is 28.3 Å². The van der Waals surface area contributed by atoms with Crippen molar-refractivity contribution in [3.05, 3.63) is 29.1 Å². The van der Waals surface area contributed by atoms with E-state index >= 15 is 0 Å². The van der Waals surface area contributed by atoms with Gasteiger partial charge in [-0.2, -0.15) is 0 Å². The quantitative estimate of drug-likeness (QED) is 0.860. The zero-order valence-corrected chi connectivity index (χ0v) is 12.1. The van der Waals surface area contributed by atoms with Gasteiger partial charge >= 0.3 is 5.97 Å². The van der Waals surface area contributed by atoms with Gasteiger partial charge in [-0.25, -0.2) is 13.6 Å². The molecule has 0 radical (unpaired) electrons. The van der Waals surface area contributed by atoms with Crippen molar-refractivity contribution in [2.45, 2.75) is 24.9 Å². The molecule has 1 unspecified atom stereocenters. The molecule has 6 nitrogen and oxygen atoms in total. The molecule has 0 saturated carbocycles. The number of rotatable bonds is 2. The van der Waals surface area contributed by atoms with Crippen LogP contribution in [0.4, 0.5) is 14.5 Å². The average molecular weight is 324 g/mol. The monoisotopic (exact) mass is 324 g/mol. The Morgan fingerprint density at radius 1 is 1.30 bits per heavy atom. The van der Waals surface area contributed by atoms with Crippen LogP contribution >= 0.6 is 0 Å². The lowest BCUT2D eigenvalue weighted by molar-refractivity contribution is -0.149. The second-order valence-corrected chi connectivity index (χ2v) is 5.78. The molecular weight excluding hydrogens is 310 g/mol. The van der Waals surface area contributed by atoms with Crippen LogP contribution in [-0.4, -0.2) is 46.5 Å². The largest absolute Gasteiger partial charge is 0.479 e. The van der Waals surface area contributed by atoms with Crippen molar-refractivity contribution >= 4 is 23.5 Å². The number of fused-ring (bicyclic) bond motifs is 1. The number of likely N-dealkylation sites (tertiary alicyclic amines) is 1. The number of anilines is 1. The van der Waals surface area contributed by atoms with Gasteiger partial charge in [0.2, 0.25) is 11.6 Å². The molecule has 2 amide bonds. The van der Waals surface area contributed by atoms with Crippen LogP contribution in [0, 0.1) is 5.82 Å². The molecule has 1 saturated heterocycles. The van der Waals surface area contributed by atoms with Crippen molar-refractivity contribution in [2.24, 2.45) is 0 Å². The van der Waals surface area contributed by atoms with Crippen LogP contribution in [0.2, 0.25) is 0 Å². The number of nitrogens with one attached hydrogen (secondary N) is 1. The molecule has 0 bridgehead atoms. The van der Waals surface area contributed by atoms with E-state index in [1.165, 1.54) is 6.07 Å². The molecular formula is C15H14F2N2O4. The molecule has 1 atom stereocenters. The van der Waals surface area contributed by atoms with E-state index in [-0.39, 0.29) is 30.9 Å². The first kappa shape index (κ1) is 15.4. The zero-order chi connectivity index (χ0) is 16.8. The number of hydrogen-bond acceptors (Lipinski definition) is 3. The van der Waals surface area contributed by atoms with E-state index in [0.717, 1.165) is 11.0 Å². The number of carboxylic acid groups (broad SMARTS) is 1. The van der Waals surface area contributed by atoms with Gasteiger partial charge in [0, 0.05) is 25.1 Å². The normalized spacial score (nSPS) is 23.4. The number of halogens is 2. The number of amides is 2. The van der Waals surface area contributed by atoms with E-state index in [1.807, 2.05) is 0 Å². The van der Waals surface area contributed by atoms with Crippen molar-refractivity contribution in [2.75, 3.05) is 18.4 Å². The minimum Gasteiger partial charge on any atom is -0.479 e. The van der Waals surface area contributed by atoms with Crippen LogP contribution < -0.4 is 5.32 Å². The van der Waals surface area contributed by atoms with Gasteiger partial charge in [-0.1, -0.05) is 0 Å². The molecule has 2 N–H and O–H groups in total. The molecule has 2 heterocycles. The summed E-state index contributed by atoms with van der Waals surface area (Å²) < 4.78 is 28.2. The minimum absolute atomic E-state index is 0.0884. The molecule has 2 aliphatic rings. The van der Waals surface area contributed by atoms with E-state index in [4.69, 9.17) is 5.11 Å². The summed E-state index contributed by atoms with van der Waals surface area (Å²) in [4.78, 5) is 35.6. The Labute approximate surface area is 130 Å². The third kappa shape index (κ3) is 2.64. The van der Waals surface area contributed by atoms with E-state index < -0.39 is 29.9 Å². The first-order valence-corrected chi connectivity index (χ1v) is 7.14. The van der Waals surface area contributed by atoms with E-state index in [2.05, 4.69) is 5.32 Å². The molecule has 2 aliphatic heterocycles. The first-order chi connectivity index (χ1) is 10.8. The van der Waals surface area contributed by atoms with Gasteiger partial charge in [0.05, 0.1) is 12.1 Å². The highest BCUT2D eigenvalue weighted by Gasteiger charge is 2.47. The fraction of sp³-hybridized carbons (Fsp3) is 0.400. The zero-order valence-electron chi connectivity index (χ0n) is 12.1. The van der Waals surface area contributed by atoms with Crippen LogP contribution in [0.5, 0.6) is 0 Å². The number of nitrogens with zero attached hydrogens (tertiary/aromatic N) is 1. The van der Waals surface area contributed by atoms with Gasteiger partial charge in [-0.3, -0.25) is 9.59 Å². The Hall–Kier alpha value is -2.51. The fourth-order valence-corrected chi connectivity index (χ4v) is 2.86. The Morgan fingerprint density at radius 2 is 2.04 bits per heavy atom. The lowest BCUT2D eigenvalue weighted by Gasteiger charge is -2.21. The molecule has 3 rings (SSSR count). The maximum Gasteiger partial charge on any atom is 0.343 e. The van der Waals surface area contributed by atoms with Crippen LogP contribution in [-0.2, 0) is 16.0 Å². The van der Waals surface area contributed by atoms with Gasteiger partial charge in [0.15, 0.2) is 0 Å². The molecule has 1 aromatic carbocycles. The van der Waals surface area contributed by atoms with E-state index in [1.54, 1.807) is 0 Å². The number of aryl methyl sites for hydroxylation is 1. The van der Waals surface area contributed by atoms with Crippen LogP contribution in [0.15, 0.2) is 12.1 Å². The lowest BCUT2D eigenvalue weighted by Crippen LogP contribution is -2.39. The van der Waals surface area contributed by atoms with Gasteiger partial charge in [0.1, 0.15) is 5.82 Å². The van der Waals surface area contributed by atoms with Crippen molar-refractivity contribution in [1.82, 2.24) is 4.90 Å². The van der Waals surface area contributed by atoms with Crippen LogP contribution in [0.3, 0.4) is 0 Å². The van der Waals surface area contributed by atoms with Gasteiger partial charge in [0.25, 0.3) is 5.91 Å². The molecule has 0 aliphatic carbocycles. The molecule has 23 heavy (non-hydrogen) atoms. The van der Waals surface area contributed by atoms with Crippen molar-refractivity contribution in [3.63, 3.8) is 0 Å². The highest BCUT2D eigenvalue weighted by molar-refractivity contribution is 5.98. The summed E-state index contributed by atoms with van der Waals surface area (Å²) >= 11 is 0. The number of aliphatic carboxylic acids is 1. The van der Waals surface area contributed by atoms with Crippen LogP contribution in [0.1, 0.15) is 28.8 Å². The van der Waals surface area contributed by atoms with Gasteiger partial charge in [-0.15, -0.1) is 0 Å². The predicted molar refractivity (Wildman–Crippen MR) is 75.3 cm³/mol. The standard InChI is InChI=1S/C15H14F2N2O4/c16-10-6-11-8(1-2-12(20)18-11)5-9(10)13(21)19-4-3-15(17,7-19)14(22)23/h5-6H,1-4,7H2,(H,18,20)(H,22,23). The van der Waals surface area contributed by atoms with Crippen LogP contribution in [0.25, 0.3) is 0 Å². The summed E-state index contributed by atoms with van der Waals surface area (Å²) in [5, 5.41) is 11.4. The predicted octanol–water partition coefficient (Wildman–Crippen LogP) is 1.35. The first-order valence-electron chi connectivity index (χ1n) is 7.14. The number of carbonyl (C=O) groups excluding carboxylic acids is 2. The molecule has 0 spiro atoms. The summed E-state index contributed by atoms with van der Waals surface area (Å²) in [6, 6.07) is 2.40. The summed E-state index contributed by atoms with van der Waals surface area (Å²) in [5.41, 5.74) is -1.79. The SMILES string of the molecule is O=C1CCc2cc(C(=O)N3CCC(F)(C(=O)O)C3)c(F)cc2N1. The number of carbonyl (C=O) groups is 3. The number of benzene rings is 1. The Bertz CT molecular complexity index is 722. The lowest BCUT2D eigenvalue weighted by atomic mass is 9.99. The molecule has 1 aromatic rings. The number of carboxylic acids is 1. The second-order valence-electron chi connectivity index (χ2n) is 5.78. The maximum atomic E-state index is 14.2. The summed E-state index contributed by atoms with van der Waals surface area (Å²) in [6.07, 6.45) is 0.295. The summed E-state index contributed by atoms with van der Waals surface area (Å²) in [5.74, 6) is -3.42. The second kappa shape index (κ2) is 5.29. The van der Waals surface area contributed by atoms with Crippen molar-refractivity contribution in [1.29, 1.82) is 0 Å². The van der Waals surface area contributed by atoms with Gasteiger partial charge < -0.3 is 15.3 Å². The highest BCUT2D eigenvalue weighted by Crippen LogP contribution is 2.30. The van der Waals surface area contributed by atoms with Gasteiger partial charge in [-0.05, 0) is 24.1 Å². The molecule has 122 valence electrons.